The van der Waals surface area contributed by atoms with Crippen molar-refractivity contribution in [3.63, 3.8) is 0 Å². The maximum atomic E-state index is 13.1. The Hall–Kier alpha value is -4.15. The van der Waals surface area contributed by atoms with E-state index in [1.165, 1.54) is 10.9 Å². The summed E-state index contributed by atoms with van der Waals surface area (Å²) in [4.78, 5) is 19.1. The van der Waals surface area contributed by atoms with Gasteiger partial charge in [-0.05, 0) is 38.1 Å². The maximum absolute atomic E-state index is 13.1. The number of alkyl halides is 3. The number of nitrogens with zero attached hydrogens (tertiary/aromatic N) is 6. The third kappa shape index (κ3) is 5.52. The molecule has 204 valence electrons. The highest BCUT2D eigenvalue weighted by atomic mass is 19.4. The van der Waals surface area contributed by atoms with Crippen LogP contribution < -0.4 is 4.74 Å². The van der Waals surface area contributed by atoms with E-state index in [-0.39, 0.29) is 5.82 Å². The number of imidazole rings is 1. The van der Waals surface area contributed by atoms with E-state index in [1.807, 2.05) is 25.1 Å². The van der Waals surface area contributed by atoms with Crippen molar-refractivity contribution in [1.29, 1.82) is 0 Å². The molecule has 2 aliphatic rings. The molecular formula is C28H29F3N6O2. The first-order chi connectivity index (χ1) is 18.7. The molecule has 1 aromatic carbocycles. The molecule has 5 rings (SSSR count). The molecule has 0 radical (unpaired) electrons. The average Bonchev–Trinajstić information content (AvgIpc) is 3.69. The first-order valence-electron chi connectivity index (χ1n) is 12.6. The standard InChI is InChI=1S/C28H29F3N6O2/c1-17-22(13-21(32-2)24-25(19-9-10-19)33-16-34-27(24)38-4)37(11-12-39-17)14-18-5-7-20(8-6-18)26-35-23(15-36(26)3)28(29,30)31/h5-8,13,15-16,19H,2,9-12,14H2,1,3-4H3/b21-13-. The van der Waals surface area contributed by atoms with E-state index < -0.39 is 11.9 Å². The highest BCUT2D eigenvalue weighted by Crippen LogP contribution is 2.44. The number of hydrogen-bond donors (Lipinski definition) is 0. The van der Waals surface area contributed by atoms with Crippen molar-refractivity contribution in [2.45, 2.75) is 38.4 Å². The Kier molecular flexibility index (Phi) is 7.16. The van der Waals surface area contributed by atoms with Crippen LogP contribution in [-0.2, 0) is 24.5 Å². The topological polar surface area (TPSA) is 77.7 Å². The third-order valence-electron chi connectivity index (χ3n) is 6.83. The minimum atomic E-state index is -4.49. The number of benzene rings is 1. The van der Waals surface area contributed by atoms with Crippen molar-refractivity contribution in [2.24, 2.45) is 12.0 Å². The Balaban J connectivity index is 1.43. The number of halogens is 3. The molecule has 3 heterocycles. The van der Waals surface area contributed by atoms with Gasteiger partial charge >= 0.3 is 6.18 Å². The van der Waals surface area contributed by atoms with Crippen LogP contribution in [-0.4, -0.2) is 51.4 Å². The molecule has 0 amide bonds. The average molecular weight is 539 g/mol. The van der Waals surface area contributed by atoms with Gasteiger partial charge in [0.25, 0.3) is 0 Å². The van der Waals surface area contributed by atoms with Gasteiger partial charge in [0.15, 0.2) is 5.69 Å². The van der Waals surface area contributed by atoms with Gasteiger partial charge in [0.05, 0.1) is 36.3 Å². The van der Waals surface area contributed by atoms with Crippen molar-refractivity contribution >= 4 is 12.4 Å². The van der Waals surface area contributed by atoms with Crippen molar-refractivity contribution in [1.82, 2.24) is 24.4 Å². The van der Waals surface area contributed by atoms with Crippen LogP contribution >= 0.6 is 0 Å². The fourth-order valence-corrected chi connectivity index (χ4v) is 4.70. The van der Waals surface area contributed by atoms with Crippen LogP contribution in [0.1, 0.15) is 48.2 Å². The van der Waals surface area contributed by atoms with Gasteiger partial charge in [0.1, 0.15) is 24.5 Å². The Morgan fingerprint density at radius 1 is 1.23 bits per heavy atom. The molecule has 1 aliphatic heterocycles. The number of ether oxygens (including phenoxy) is 2. The predicted octanol–water partition coefficient (Wildman–Crippen LogP) is 5.59. The van der Waals surface area contributed by atoms with Crippen molar-refractivity contribution in [3.8, 4) is 17.3 Å². The van der Waals surface area contributed by atoms with E-state index >= 15 is 0 Å². The summed E-state index contributed by atoms with van der Waals surface area (Å²) >= 11 is 0. The monoisotopic (exact) mass is 538 g/mol. The smallest absolute Gasteiger partial charge is 0.434 e. The molecule has 0 saturated heterocycles. The molecule has 1 fully saturated rings. The van der Waals surface area contributed by atoms with Crippen LogP contribution in [0.5, 0.6) is 5.88 Å². The molecule has 3 aromatic rings. The van der Waals surface area contributed by atoms with Gasteiger partial charge in [-0.3, -0.25) is 4.99 Å². The lowest BCUT2D eigenvalue weighted by Gasteiger charge is -2.32. The summed E-state index contributed by atoms with van der Waals surface area (Å²) in [6, 6.07) is 7.37. The zero-order chi connectivity index (χ0) is 27.7. The van der Waals surface area contributed by atoms with Crippen LogP contribution in [0.2, 0.25) is 0 Å². The van der Waals surface area contributed by atoms with E-state index in [4.69, 9.17) is 9.47 Å². The molecule has 1 aliphatic carbocycles. The summed E-state index contributed by atoms with van der Waals surface area (Å²) in [6.45, 7) is 7.43. The first-order valence-corrected chi connectivity index (χ1v) is 12.6. The minimum absolute atomic E-state index is 0.256. The van der Waals surface area contributed by atoms with Crippen LogP contribution in [0.25, 0.3) is 17.1 Å². The second-order valence-electron chi connectivity index (χ2n) is 9.57. The lowest BCUT2D eigenvalue weighted by atomic mass is 10.1. The summed E-state index contributed by atoms with van der Waals surface area (Å²) < 4.78 is 52.1. The molecular weight excluding hydrogens is 509 g/mol. The number of aliphatic imine (C=N–C) groups is 1. The molecule has 0 unspecified atom stereocenters. The van der Waals surface area contributed by atoms with Crippen LogP contribution in [0.3, 0.4) is 0 Å². The highest BCUT2D eigenvalue weighted by Gasteiger charge is 2.35. The van der Waals surface area contributed by atoms with E-state index in [0.717, 1.165) is 47.3 Å². The largest absolute Gasteiger partial charge is 0.494 e. The van der Waals surface area contributed by atoms with Crippen molar-refractivity contribution < 1.29 is 22.6 Å². The molecule has 0 bridgehead atoms. The zero-order valence-electron chi connectivity index (χ0n) is 22.0. The Morgan fingerprint density at radius 2 is 1.97 bits per heavy atom. The van der Waals surface area contributed by atoms with Crippen molar-refractivity contribution in [2.75, 3.05) is 20.3 Å². The summed E-state index contributed by atoms with van der Waals surface area (Å²) in [5.74, 6) is 1.80. The van der Waals surface area contributed by atoms with E-state index in [1.54, 1.807) is 26.3 Å². The van der Waals surface area contributed by atoms with E-state index in [2.05, 4.69) is 31.6 Å². The van der Waals surface area contributed by atoms with Crippen molar-refractivity contribution in [3.05, 3.63) is 76.8 Å². The number of hydrogen-bond acceptors (Lipinski definition) is 7. The molecule has 39 heavy (non-hydrogen) atoms. The predicted molar refractivity (Wildman–Crippen MR) is 141 cm³/mol. The molecule has 0 spiro atoms. The quantitative estimate of drug-likeness (QED) is 0.348. The maximum Gasteiger partial charge on any atom is 0.434 e. The number of allylic oxidation sites excluding steroid dienone is 2. The third-order valence-corrected chi connectivity index (χ3v) is 6.83. The fraction of sp³-hybridized carbons (Fsp3) is 0.357. The molecule has 2 aromatic heterocycles. The molecule has 11 heteroatoms. The molecule has 0 N–H and O–H groups in total. The summed E-state index contributed by atoms with van der Waals surface area (Å²) in [6.07, 6.45) is 2.05. The number of rotatable bonds is 8. The lowest BCUT2D eigenvalue weighted by Crippen LogP contribution is -2.31. The van der Waals surface area contributed by atoms with Gasteiger partial charge in [0, 0.05) is 31.3 Å². The normalized spacial score (nSPS) is 16.4. The van der Waals surface area contributed by atoms with Gasteiger partial charge < -0.3 is 18.9 Å². The van der Waals surface area contributed by atoms with Gasteiger partial charge in [0.2, 0.25) is 5.88 Å². The Labute approximate surface area is 224 Å². The molecule has 1 saturated carbocycles. The molecule has 8 nitrogen and oxygen atoms in total. The minimum Gasteiger partial charge on any atom is -0.494 e. The second kappa shape index (κ2) is 10.5. The van der Waals surface area contributed by atoms with Crippen LogP contribution in [0, 0.1) is 0 Å². The summed E-state index contributed by atoms with van der Waals surface area (Å²) in [5.41, 5.74) is 3.77. The van der Waals surface area contributed by atoms with Gasteiger partial charge in [-0.15, -0.1) is 0 Å². The fourth-order valence-electron chi connectivity index (χ4n) is 4.70. The van der Waals surface area contributed by atoms with Gasteiger partial charge in [-0.25, -0.2) is 15.0 Å². The van der Waals surface area contributed by atoms with Gasteiger partial charge in [-0.2, -0.15) is 13.2 Å². The summed E-state index contributed by atoms with van der Waals surface area (Å²) in [7, 11) is 3.13. The number of aryl methyl sites for hydroxylation is 1. The SMILES string of the molecule is C=N/C(=C\C1=C(C)OCCN1Cc1ccc(-c2nc(C(F)(F)F)cn2C)cc1)c1c(OC)ncnc1C1CC1. The number of methoxy groups -OCH3 is 1. The summed E-state index contributed by atoms with van der Waals surface area (Å²) in [5, 5.41) is 0. The van der Waals surface area contributed by atoms with E-state index in [0.29, 0.717) is 42.8 Å². The van der Waals surface area contributed by atoms with Crippen LogP contribution in [0.4, 0.5) is 13.2 Å². The lowest BCUT2D eigenvalue weighted by molar-refractivity contribution is -0.140. The Bertz CT molecular complexity index is 1440. The van der Waals surface area contributed by atoms with E-state index in [9.17, 15) is 13.2 Å². The molecule has 0 atom stereocenters. The number of aromatic nitrogens is 4. The first kappa shape index (κ1) is 26.5. The Morgan fingerprint density at radius 3 is 2.59 bits per heavy atom. The zero-order valence-corrected chi connectivity index (χ0v) is 22.0. The second-order valence-corrected chi connectivity index (χ2v) is 9.57. The van der Waals surface area contributed by atoms with Gasteiger partial charge in [-0.1, -0.05) is 24.3 Å². The highest BCUT2D eigenvalue weighted by molar-refractivity contribution is 5.75. The van der Waals surface area contributed by atoms with Crippen LogP contribution in [0.15, 0.2) is 59.3 Å².